The Morgan fingerprint density at radius 3 is 2.86 bits per heavy atom. The van der Waals surface area contributed by atoms with Gasteiger partial charge in [0.1, 0.15) is 11.4 Å². The molecule has 74 valence electrons. The molecule has 6 nitrogen and oxygen atoms in total. The second-order valence-electron chi connectivity index (χ2n) is 2.47. The number of carboxylic acids is 1. The normalized spacial score (nSPS) is 11.4. The molecule has 1 aromatic heterocycles. The first-order valence-corrected chi connectivity index (χ1v) is 3.82. The predicted octanol–water partition coefficient (Wildman–Crippen LogP) is 0.682. The molecule has 0 amide bonds. The summed E-state index contributed by atoms with van der Waals surface area (Å²) in [6.45, 7) is 5.05. The van der Waals surface area contributed by atoms with Gasteiger partial charge in [-0.3, -0.25) is 0 Å². The van der Waals surface area contributed by atoms with Gasteiger partial charge >= 0.3 is 5.97 Å². The van der Waals surface area contributed by atoms with Gasteiger partial charge in [-0.05, 0) is 19.7 Å². The SMILES string of the molecule is C=N/C(=C\C)n1ncc(C(=O)O)c1N. The Kier molecular flexibility index (Phi) is 2.66. The van der Waals surface area contributed by atoms with Crippen molar-refractivity contribution in [3.8, 4) is 0 Å². The first-order valence-electron chi connectivity index (χ1n) is 3.82. The molecule has 0 unspecified atom stereocenters. The molecule has 0 bridgehead atoms. The number of nitrogens with two attached hydrogens (primary N) is 1. The van der Waals surface area contributed by atoms with Crippen molar-refractivity contribution < 1.29 is 9.90 Å². The Bertz CT molecular complexity index is 405. The molecule has 0 aliphatic heterocycles. The number of allylic oxidation sites excluding steroid dienone is 1. The highest BCUT2D eigenvalue weighted by Crippen LogP contribution is 2.16. The molecule has 14 heavy (non-hydrogen) atoms. The number of aromatic nitrogens is 2. The lowest BCUT2D eigenvalue weighted by atomic mass is 10.3. The molecule has 0 aromatic carbocycles. The molecule has 0 fully saturated rings. The maximum Gasteiger partial charge on any atom is 0.341 e. The van der Waals surface area contributed by atoms with Crippen LogP contribution in [0.4, 0.5) is 5.82 Å². The van der Waals surface area contributed by atoms with Crippen LogP contribution in [0.1, 0.15) is 17.3 Å². The minimum absolute atomic E-state index is 0.0398. The molecule has 0 saturated carbocycles. The maximum absolute atomic E-state index is 10.6. The van der Waals surface area contributed by atoms with E-state index in [2.05, 4.69) is 16.8 Å². The second kappa shape index (κ2) is 3.73. The Labute approximate surface area is 80.4 Å². The summed E-state index contributed by atoms with van der Waals surface area (Å²) in [7, 11) is 0. The summed E-state index contributed by atoms with van der Waals surface area (Å²) in [5, 5.41) is 12.5. The zero-order valence-corrected chi connectivity index (χ0v) is 7.64. The number of aromatic carboxylic acids is 1. The number of hydrogen-bond donors (Lipinski definition) is 2. The van der Waals surface area contributed by atoms with Gasteiger partial charge in [0, 0.05) is 0 Å². The van der Waals surface area contributed by atoms with Crippen molar-refractivity contribution in [1.29, 1.82) is 0 Å². The van der Waals surface area contributed by atoms with E-state index in [4.69, 9.17) is 10.8 Å². The van der Waals surface area contributed by atoms with Gasteiger partial charge in [0.05, 0.1) is 6.20 Å². The van der Waals surface area contributed by atoms with E-state index in [0.717, 1.165) is 0 Å². The van der Waals surface area contributed by atoms with Crippen LogP contribution in [-0.2, 0) is 0 Å². The molecule has 0 spiro atoms. The number of anilines is 1. The minimum atomic E-state index is -1.12. The van der Waals surface area contributed by atoms with Crippen molar-refractivity contribution in [1.82, 2.24) is 9.78 Å². The lowest BCUT2D eigenvalue weighted by molar-refractivity contribution is 0.0698. The Morgan fingerprint density at radius 2 is 2.50 bits per heavy atom. The summed E-state index contributed by atoms with van der Waals surface area (Å²) < 4.78 is 1.22. The first-order chi connectivity index (χ1) is 6.61. The third-order valence-electron chi connectivity index (χ3n) is 1.67. The van der Waals surface area contributed by atoms with Crippen molar-refractivity contribution in [2.24, 2.45) is 4.99 Å². The Morgan fingerprint density at radius 1 is 1.86 bits per heavy atom. The summed E-state index contributed by atoms with van der Waals surface area (Å²) >= 11 is 0. The summed E-state index contributed by atoms with van der Waals surface area (Å²) in [4.78, 5) is 14.3. The highest BCUT2D eigenvalue weighted by atomic mass is 16.4. The highest BCUT2D eigenvalue weighted by Gasteiger charge is 2.14. The Balaban J connectivity index is 3.25. The van der Waals surface area contributed by atoms with Crippen LogP contribution in [-0.4, -0.2) is 27.6 Å². The van der Waals surface area contributed by atoms with Crippen molar-refractivity contribution in [2.45, 2.75) is 6.92 Å². The maximum atomic E-state index is 10.6. The van der Waals surface area contributed by atoms with Gasteiger partial charge < -0.3 is 10.8 Å². The Hall–Kier alpha value is -2.11. The fraction of sp³-hybridized carbons (Fsp3) is 0.125. The summed E-state index contributed by atoms with van der Waals surface area (Å²) in [6.07, 6.45) is 2.80. The van der Waals surface area contributed by atoms with E-state index in [9.17, 15) is 4.79 Å². The molecule has 1 heterocycles. The van der Waals surface area contributed by atoms with E-state index in [1.807, 2.05) is 0 Å². The zero-order chi connectivity index (χ0) is 10.7. The van der Waals surface area contributed by atoms with Gasteiger partial charge in [0.25, 0.3) is 0 Å². The van der Waals surface area contributed by atoms with Crippen LogP contribution in [0.5, 0.6) is 0 Å². The first kappa shape index (κ1) is 9.97. The van der Waals surface area contributed by atoms with Crippen LogP contribution in [0.3, 0.4) is 0 Å². The van der Waals surface area contributed by atoms with Crippen LogP contribution in [0.25, 0.3) is 5.82 Å². The molecule has 3 N–H and O–H groups in total. The molecule has 6 heteroatoms. The van der Waals surface area contributed by atoms with Gasteiger partial charge in [-0.1, -0.05) is 0 Å². The summed E-state index contributed by atoms with van der Waals surface area (Å²) in [6, 6.07) is 0. The van der Waals surface area contributed by atoms with Gasteiger partial charge in [-0.2, -0.15) is 9.78 Å². The number of rotatable bonds is 3. The third-order valence-corrected chi connectivity index (χ3v) is 1.67. The van der Waals surface area contributed by atoms with Crippen LogP contribution in [0.2, 0.25) is 0 Å². The van der Waals surface area contributed by atoms with E-state index in [1.54, 1.807) is 13.0 Å². The van der Waals surface area contributed by atoms with Gasteiger partial charge in [-0.25, -0.2) is 9.79 Å². The summed E-state index contributed by atoms with van der Waals surface area (Å²) in [5.74, 6) is -0.679. The fourth-order valence-corrected chi connectivity index (χ4v) is 0.986. The lowest BCUT2D eigenvalue weighted by Crippen LogP contribution is -2.05. The molecule has 0 aliphatic carbocycles. The minimum Gasteiger partial charge on any atom is -0.477 e. The fourth-order valence-electron chi connectivity index (χ4n) is 0.986. The molecule has 0 aliphatic rings. The number of nitrogen functional groups attached to an aromatic ring is 1. The van der Waals surface area contributed by atoms with Crippen LogP contribution in [0.15, 0.2) is 17.3 Å². The molecular weight excluding hydrogens is 184 g/mol. The molecule has 0 radical (unpaired) electrons. The largest absolute Gasteiger partial charge is 0.477 e. The predicted molar refractivity (Wildman–Crippen MR) is 53.1 cm³/mol. The van der Waals surface area contributed by atoms with Crippen molar-refractivity contribution in [2.75, 3.05) is 5.73 Å². The standard InChI is InChI=1S/C8H10N4O2/c1-3-6(10-2)12-7(9)5(4-11-12)8(13)14/h3-4H,2,9H2,1H3,(H,13,14)/b6-3+. The van der Waals surface area contributed by atoms with E-state index in [0.29, 0.717) is 5.82 Å². The van der Waals surface area contributed by atoms with Crippen molar-refractivity contribution >= 4 is 24.3 Å². The quantitative estimate of drug-likeness (QED) is 0.692. The molecule has 0 atom stereocenters. The summed E-state index contributed by atoms with van der Waals surface area (Å²) in [5.41, 5.74) is 5.50. The topological polar surface area (TPSA) is 93.5 Å². The lowest BCUT2D eigenvalue weighted by Gasteiger charge is -2.02. The highest BCUT2D eigenvalue weighted by molar-refractivity contribution is 5.93. The van der Waals surface area contributed by atoms with Crippen molar-refractivity contribution in [3.05, 3.63) is 17.8 Å². The molecular formula is C8H10N4O2. The smallest absolute Gasteiger partial charge is 0.341 e. The zero-order valence-electron chi connectivity index (χ0n) is 7.64. The van der Waals surface area contributed by atoms with E-state index in [1.165, 1.54) is 10.9 Å². The van der Waals surface area contributed by atoms with Gasteiger partial charge in [0.2, 0.25) is 0 Å². The van der Waals surface area contributed by atoms with Crippen LogP contribution < -0.4 is 5.73 Å². The molecule has 0 saturated heterocycles. The number of nitrogens with zero attached hydrogens (tertiary/aromatic N) is 3. The monoisotopic (exact) mass is 194 g/mol. The van der Waals surface area contributed by atoms with E-state index < -0.39 is 5.97 Å². The number of hydrogen-bond acceptors (Lipinski definition) is 4. The third kappa shape index (κ3) is 1.49. The van der Waals surface area contributed by atoms with Crippen LogP contribution in [0, 0.1) is 0 Å². The van der Waals surface area contributed by atoms with Gasteiger partial charge in [0.15, 0.2) is 5.82 Å². The number of carbonyl (C=O) groups is 1. The molecule has 1 rings (SSSR count). The van der Waals surface area contributed by atoms with Crippen molar-refractivity contribution in [3.63, 3.8) is 0 Å². The number of aliphatic imine (C=N–C) groups is 1. The second-order valence-corrected chi connectivity index (χ2v) is 2.47. The van der Waals surface area contributed by atoms with Crippen LogP contribution >= 0.6 is 0 Å². The van der Waals surface area contributed by atoms with E-state index in [-0.39, 0.29) is 11.4 Å². The average molecular weight is 194 g/mol. The average Bonchev–Trinajstić information content (AvgIpc) is 2.51. The molecule has 1 aromatic rings. The number of carboxylic acid groups (broad SMARTS) is 1. The van der Waals surface area contributed by atoms with Gasteiger partial charge in [-0.15, -0.1) is 0 Å². The van der Waals surface area contributed by atoms with E-state index >= 15 is 0 Å².